The molecule has 152 valence electrons. The summed E-state index contributed by atoms with van der Waals surface area (Å²) in [5, 5.41) is 0. The van der Waals surface area contributed by atoms with Crippen molar-refractivity contribution in [1.82, 2.24) is 0 Å². The quantitative estimate of drug-likeness (QED) is 0.415. The molecule has 5 atom stereocenters. The molecule has 11 heteroatoms. The molecular formula is C16H22O11. The SMILES string of the molecule is CC(=O)OCC(OC(C)=O)C1OC(OC(C)=O)[C@H](OC(C)=O)C1OC(C)=O. The van der Waals surface area contributed by atoms with Crippen LogP contribution in [0.2, 0.25) is 0 Å². The van der Waals surface area contributed by atoms with Crippen molar-refractivity contribution >= 4 is 29.8 Å². The van der Waals surface area contributed by atoms with Crippen LogP contribution in [-0.4, -0.2) is 67.2 Å². The van der Waals surface area contributed by atoms with Crippen LogP contribution < -0.4 is 0 Å². The largest absolute Gasteiger partial charge is 0.462 e. The number of esters is 5. The monoisotopic (exact) mass is 390 g/mol. The Morgan fingerprint density at radius 2 is 1.26 bits per heavy atom. The molecule has 0 radical (unpaired) electrons. The Morgan fingerprint density at radius 3 is 1.70 bits per heavy atom. The summed E-state index contributed by atoms with van der Waals surface area (Å²) in [6, 6.07) is 0. The fourth-order valence-corrected chi connectivity index (χ4v) is 2.46. The van der Waals surface area contributed by atoms with E-state index in [2.05, 4.69) is 0 Å². The molecule has 1 aliphatic heterocycles. The molecule has 0 amide bonds. The number of carbonyl (C=O) groups is 5. The lowest BCUT2D eigenvalue weighted by Gasteiger charge is -2.27. The van der Waals surface area contributed by atoms with Crippen molar-refractivity contribution in [2.75, 3.05) is 6.61 Å². The maximum absolute atomic E-state index is 11.5. The molecule has 0 N–H and O–H groups in total. The van der Waals surface area contributed by atoms with Crippen LogP contribution in [0.3, 0.4) is 0 Å². The van der Waals surface area contributed by atoms with Crippen molar-refractivity contribution in [3.8, 4) is 0 Å². The summed E-state index contributed by atoms with van der Waals surface area (Å²) in [6.07, 6.45) is -6.46. The third-order valence-corrected chi connectivity index (χ3v) is 3.23. The van der Waals surface area contributed by atoms with Crippen molar-refractivity contribution in [3.05, 3.63) is 0 Å². The highest BCUT2D eigenvalue weighted by Crippen LogP contribution is 2.31. The summed E-state index contributed by atoms with van der Waals surface area (Å²) in [5.74, 6) is -3.62. The van der Waals surface area contributed by atoms with Crippen molar-refractivity contribution in [2.45, 2.75) is 65.3 Å². The lowest BCUT2D eigenvalue weighted by atomic mass is 10.1. The minimum atomic E-state index is -1.42. The molecule has 1 aliphatic rings. The van der Waals surface area contributed by atoms with E-state index in [9.17, 15) is 24.0 Å². The van der Waals surface area contributed by atoms with Gasteiger partial charge in [0.15, 0.2) is 12.2 Å². The van der Waals surface area contributed by atoms with Crippen LogP contribution in [0.1, 0.15) is 34.6 Å². The van der Waals surface area contributed by atoms with Gasteiger partial charge in [0, 0.05) is 34.6 Å². The Balaban J connectivity index is 3.20. The van der Waals surface area contributed by atoms with Crippen LogP contribution in [0.4, 0.5) is 0 Å². The van der Waals surface area contributed by atoms with E-state index >= 15 is 0 Å². The molecule has 0 aromatic heterocycles. The molecular weight excluding hydrogens is 368 g/mol. The van der Waals surface area contributed by atoms with Gasteiger partial charge in [0.05, 0.1) is 0 Å². The molecule has 11 nitrogen and oxygen atoms in total. The maximum Gasteiger partial charge on any atom is 0.305 e. The maximum atomic E-state index is 11.5. The van der Waals surface area contributed by atoms with Gasteiger partial charge in [-0.3, -0.25) is 24.0 Å². The molecule has 0 bridgehead atoms. The van der Waals surface area contributed by atoms with Gasteiger partial charge in [-0.25, -0.2) is 0 Å². The number of hydrogen-bond donors (Lipinski definition) is 0. The van der Waals surface area contributed by atoms with Crippen LogP contribution in [0.25, 0.3) is 0 Å². The third-order valence-electron chi connectivity index (χ3n) is 3.23. The van der Waals surface area contributed by atoms with Gasteiger partial charge in [-0.1, -0.05) is 0 Å². The number of ether oxygens (including phenoxy) is 6. The van der Waals surface area contributed by atoms with Gasteiger partial charge in [-0.2, -0.15) is 0 Å². The second-order valence-corrected chi connectivity index (χ2v) is 5.68. The molecule has 0 aromatic rings. The first-order valence-electron chi connectivity index (χ1n) is 7.99. The zero-order valence-corrected chi connectivity index (χ0v) is 15.6. The van der Waals surface area contributed by atoms with Crippen LogP contribution in [0, 0.1) is 0 Å². The van der Waals surface area contributed by atoms with Crippen molar-refractivity contribution in [3.63, 3.8) is 0 Å². The summed E-state index contributed by atoms with van der Waals surface area (Å²) in [6.45, 7) is 5.15. The average molecular weight is 390 g/mol. The van der Waals surface area contributed by atoms with E-state index in [-0.39, 0.29) is 0 Å². The van der Waals surface area contributed by atoms with E-state index in [1.165, 1.54) is 0 Å². The van der Waals surface area contributed by atoms with Gasteiger partial charge in [-0.05, 0) is 0 Å². The molecule has 1 fully saturated rings. The first-order valence-corrected chi connectivity index (χ1v) is 7.99. The van der Waals surface area contributed by atoms with Gasteiger partial charge in [0.1, 0.15) is 12.7 Å². The molecule has 27 heavy (non-hydrogen) atoms. The Hall–Kier alpha value is -2.69. The summed E-state index contributed by atoms with van der Waals surface area (Å²) in [5.41, 5.74) is 0. The third kappa shape index (κ3) is 7.21. The smallest absolute Gasteiger partial charge is 0.305 e. The van der Waals surface area contributed by atoms with Gasteiger partial charge in [0.25, 0.3) is 0 Å². The molecule has 0 aromatic carbocycles. The zero-order valence-electron chi connectivity index (χ0n) is 15.6. The highest BCUT2D eigenvalue weighted by Gasteiger charge is 2.55. The predicted octanol–water partition coefficient (Wildman–Crippen LogP) is -0.367. The Bertz CT molecular complexity index is 599. The molecule has 0 spiro atoms. The van der Waals surface area contributed by atoms with E-state index in [0.717, 1.165) is 34.6 Å². The van der Waals surface area contributed by atoms with E-state index in [1.807, 2.05) is 0 Å². The topological polar surface area (TPSA) is 141 Å². The average Bonchev–Trinajstić information content (AvgIpc) is 2.79. The van der Waals surface area contributed by atoms with Gasteiger partial charge < -0.3 is 28.4 Å². The van der Waals surface area contributed by atoms with E-state index in [4.69, 9.17) is 28.4 Å². The van der Waals surface area contributed by atoms with E-state index < -0.39 is 67.2 Å². The van der Waals surface area contributed by atoms with Gasteiger partial charge in [0.2, 0.25) is 12.4 Å². The number of hydrogen-bond acceptors (Lipinski definition) is 11. The van der Waals surface area contributed by atoms with Gasteiger partial charge in [-0.15, -0.1) is 0 Å². The minimum absolute atomic E-state index is 0.420. The molecule has 4 unspecified atom stereocenters. The predicted molar refractivity (Wildman–Crippen MR) is 83.7 cm³/mol. The second-order valence-electron chi connectivity index (χ2n) is 5.68. The van der Waals surface area contributed by atoms with Crippen molar-refractivity contribution in [1.29, 1.82) is 0 Å². The second kappa shape index (κ2) is 9.86. The van der Waals surface area contributed by atoms with Crippen LogP contribution >= 0.6 is 0 Å². The minimum Gasteiger partial charge on any atom is -0.462 e. The van der Waals surface area contributed by atoms with Crippen molar-refractivity contribution in [2.24, 2.45) is 0 Å². The first-order chi connectivity index (χ1) is 12.5. The standard InChI is InChI=1S/C16H22O11/c1-7(17)22-6-12(23-8(2)18)13-14(24-9(3)19)15(25-10(4)20)16(27-13)26-11(5)21/h12-16H,6H2,1-5H3/t12?,13?,14?,15-,16?/m1/s1. The normalized spacial score (nSPS) is 25.1. The van der Waals surface area contributed by atoms with Crippen LogP contribution in [0.15, 0.2) is 0 Å². The fourth-order valence-electron chi connectivity index (χ4n) is 2.46. The Labute approximate surface area is 155 Å². The lowest BCUT2D eigenvalue weighted by Crippen LogP contribution is -2.46. The summed E-state index contributed by atoms with van der Waals surface area (Å²) < 4.78 is 30.7. The summed E-state index contributed by atoms with van der Waals surface area (Å²) >= 11 is 0. The number of carbonyl (C=O) groups excluding carboxylic acids is 5. The molecule has 0 saturated carbocycles. The number of rotatable bonds is 7. The highest BCUT2D eigenvalue weighted by molar-refractivity contribution is 5.69. The summed E-state index contributed by atoms with van der Waals surface area (Å²) in [4.78, 5) is 56.7. The van der Waals surface area contributed by atoms with E-state index in [1.54, 1.807) is 0 Å². The highest BCUT2D eigenvalue weighted by atomic mass is 16.8. The first kappa shape index (κ1) is 22.4. The Morgan fingerprint density at radius 1 is 0.741 bits per heavy atom. The van der Waals surface area contributed by atoms with Crippen LogP contribution in [0.5, 0.6) is 0 Å². The van der Waals surface area contributed by atoms with E-state index in [0.29, 0.717) is 0 Å². The molecule has 1 heterocycles. The molecule has 0 aliphatic carbocycles. The Kier molecular flexibility index (Phi) is 8.16. The van der Waals surface area contributed by atoms with Crippen molar-refractivity contribution < 1.29 is 52.4 Å². The summed E-state index contributed by atoms with van der Waals surface area (Å²) in [7, 11) is 0. The zero-order chi connectivity index (χ0) is 20.7. The van der Waals surface area contributed by atoms with Crippen LogP contribution in [-0.2, 0) is 52.4 Å². The fraction of sp³-hybridized carbons (Fsp3) is 0.688. The molecule has 1 saturated heterocycles. The van der Waals surface area contributed by atoms with Gasteiger partial charge >= 0.3 is 29.8 Å². The molecule has 1 rings (SSSR count). The lowest BCUT2D eigenvalue weighted by molar-refractivity contribution is -0.203.